The van der Waals surface area contributed by atoms with Gasteiger partial charge >= 0.3 is 5.97 Å². The Morgan fingerprint density at radius 1 is 1.39 bits per heavy atom. The summed E-state index contributed by atoms with van der Waals surface area (Å²) in [5, 5.41) is 0.497. The number of benzene rings is 1. The van der Waals surface area contributed by atoms with Crippen molar-refractivity contribution < 1.29 is 13.9 Å². The standard InChI is InChI=1S/C14H14O4/c1-3-17-13(15)7-10-8-18-12-5-4-9(2)6-11(12)14(10)16/h4-6,8H,3,7H2,1-2H3. The molecule has 4 nitrogen and oxygen atoms in total. The molecule has 94 valence electrons. The van der Waals surface area contributed by atoms with Gasteiger partial charge in [-0.3, -0.25) is 9.59 Å². The lowest BCUT2D eigenvalue weighted by atomic mass is 10.1. The lowest BCUT2D eigenvalue weighted by Crippen LogP contribution is -2.15. The van der Waals surface area contributed by atoms with Gasteiger partial charge in [0.2, 0.25) is 0 Å². The highest BCUT2D eigenvalue weighted by atomic mass is 16.5. The van der Waals surface area contributed by atoms with Gasteiger partial charge in [-0.1, -0.05) is 11.6 Å². The first-order valence-corrected chi connectivity index (χ1v) is 5.78. The van der Waals surface area contributed by atoms with Crippen LogP contribution in [0.5, 0.6) is 0 Å². The Kier molecular flexibility index (Phi) is 3.46. The predicted octanol–water partition coefficient (Wildman–Crippen LogP) is 2.21. The number of carbonyl (C=O) groups excluding carboxylic acids is 1. The van der Waals surface area contributed by atoms with Crippen molar-refractivity contribution in [2.24, 2.45) is 0 Å². The molecule has 0 aliphatic carbocycles. The van der Waals surface area contributed by atoms with E-state index in [1.54, 1.807) is 19.1 Å². The van der Waals surface area contributed by atoms with Gasteiger partial charge in [-0.05, 0) is 26.0 Å². The Bertz CT molecular complexity index is 640. The van der Waals surface area contributed by atoms with Crippen LogP contribution in [-0.4, -0.2) is 12.6 Å². The van der Waals surface area contributed by atoms with Crippen LogP contribution < -0.4 is 5.43 Å². The number of esters is 1. The van der Waals surface area contributed by atoms with E-state index < -0.39 is 5.97 Å². The molecule has 1 aromatic carbocycles. The highest BCUT2D eigenvalue weighted by Gasteiger charge is 2.11. The fourth-order valence-corrected chi connectivity index (χ4v) is 1.77. The van der Waals surface area contributed by atoms with E-state index in [0.717, 1.165) is 5.56 Å². The van der Waals surface area contributed by atoms with Crippen LogP contribution >= 0.6 is 0 Å². The molecule has 0 aliphatic rings. The molecule has 0 spiro atoms. The van der Waals surface area contributed by atoms with E-state index in [9.17, 15) is 9.59 Å². The summed E-state index contributed by atoms with van der Waals surface area (Å²) < 4.78 is 10.2. The summed E-state index contributed by atoms with van der Waals surface area (Å²) >= 11 is 0. The molecular weight excluding hydrogens is 232 g/mol. The Morgan fingerprint density at radius 3 is 2.89 bits per heavy atom. The molecule has 1 heterocycles. The number of ether oxygens (including phenoxy) is 1. The fourth-order valence-electron chi connectivity index (χ4n) is 1.77. The van der Waals surface area contributed by atoms with E-state index in [0.29, 0.717) is 23.1 Å². The Hall–Kier alpha value is -2.10. The Labute approximate surface area is 104 Å². The molecule has 0 N–H and O–H groups in total. The van der Waals surface area contributed by atoms with Crippen molar-refractivity contribution in [3.63, 3.8) is 0 Å². The van der Waals surface area contributed by atoms with Gasteiger partial charge in [0.25, 0.3) is 0 Å². The van der Waals surface area contributed by atoms with Crippen molar-refractivity contribution in [1.82, 2.24) is 0 Å². The molecule has 0 unspecified atom stereocenters. The highest BCUT2D eigenvalue weighted by Crippen LogP contribution is 2.13. The average Bonchev–Trinajstić information content (AvgIpc) is 2.34. The molecular formula is C14H14O4. The number of hydrogen-bond donors (Lipinski definition) is 0. The zero-order chi connectivity index (χ0) is 13.1. The van der Waals surface area contributed by atoms with Crippen molar-refractivity contribution in [3.8, 4) is 0 Å². The van der Waals surface area contributed by atoms with E-state index in [2.05, 4.69) is 0 Å². The lowest BCUT2D eigenvalue weighted by molar-refractivity contribution is -0.142. The summed E-state index contributed by atoms with van der Waals surface area (Å²) in [6, 6.07) is 5.38. The van der Waals surface area contributed by atoms with E-state index in [1.807, 2.05) is 13.0 Å². The summed E-state index contributed by atoms with van der Waals surface area (Å²) in [4.78, 5) is 23.5. The molecule has 18 heavy (non-hydrogen) atoms. The lowest BCUT2D eigenvalue weighted by Gasteiger charge is -2.03. The van der Waals surface area contributed by atoms with Crippen LogP contribution in [0.1, 0.15) is 18.1 Å². The minimum Gasteiger partial charge on any atom is -0.466 e. The summed E-state index contributed by atoms with van der Waals surface area (Å²) in [5.41, 5.74) is 1.65. The van der Waals surface area contributed by atoms with Crippen molar-refractivity contribution in [2.45, 2.75) is 20.3 Å². The molecule has 0 radical (unpaired) electrons. The molecule has 0 bridgehead atoms. The maximum atomic E-state index is 12.2. The van der Waals surface area contributed by atoms with Crippen molar-refractivity contribution in [2.75, 3.05) is 6.61 Å². The molecule has 0 saturated heterocycles. The normalized spacial score (nSPS) is 10.6. The van der Waals surface area contributed by atoms with Gasteiger partial charge < -0.3 is 9.15 Å². The fraction of sp³-hybridized carbons (Fsp3) is 0.286. The van der Waals surface area contributed by atoms with Crippen LogP contribution in [-0.2, 0) is 16.0 Å². The molecule has 2 rings (SSSR count). The first-order valence-electron chi connectivity index (χ1n) is 5.78. The Morgan fingerprint density at radius 2 is 2.17 bits per heavy atom. The van der Waals surface area contributed by atoms with Crippen molar-refractivity contribution in [3.05, 3.63) is 45.8 Å². The van der Waals surface area contributed by atoms with Crippen LogP contribution in [0.3, 0.4) is 0 Å². The second-order valence-electron chi connectivity index (χ2n) is 4.07. The minimum atomic E-state index is -0.420. The van der Waals surface area contributed by atoms with Gasteiger partial charge in [0.1, 0.15) is 5.58 Å². The predicted molar refractivity (Wildman–Crippen MR) is 67.6 cm³/mol. The van der Waals surface area contributed by atoms with Gasteiger partial charge in [-0.15, -0.1) is 0 Å². The third-order valence-corrected chi connectivity index (χ3v) is 2.64. The number of rotatable bonds is 3. The SMILES string of the molecule is CCOC(=O)Cc1coc2ccc(C)cc2c1=O. The van der Waals surface area contributed by atoms with Gasteiger partial charge in [0.15, 0.2) is 5.43 Å². The maximum absolute atomic E-state index is 12.2. The zero-order valence-electron chi connectivity index (χ0n) is 10.4. The van der Waals surface area contributed by atoms with Crippen molar-refractivity contribution in [1.29, 1.82) is 0 Å². The number of fused-ring (bicyclic) bond motifs is 1. The average molecular weight is 246 g/mol. The van der Waals surface area contributed by atoms with Gasteiger partial charge in [-0.2, -0.15) is 0 Å². The molecule has 1 aromatic heterocycles. The first-order chi connectivity index (χ1) is 8.61. The van der Waals surface area contributed by atoms with Crippen LogP contribution in [0, 0.1) is 6.92 Å². The molecule has 2 aromatic rings. The smallest absolute Gasteiger partial charge is 0.310 e. The molecule has 0 amide bonds. The van der Waals surface area contributed by atoms with E-state index in [1.165, 1.54) is 6.26 Å². The summed E-state index contributed by atoms with van der Waals surface area (Å²) in [6.45, 7) is 3.93. The quantitative estimate of drug-likeness (QED) is 0.779. The van der Waals surface area contributed by atoms with Crippen LogP contribution in [0.4, 0.5) is 0 Å². The number of hydrogen-bond acceptors (Lipinski definition) is 4. The van der Waals surface area contributed by atoms with E-state index in [-0.39, 0.29) is 11.8 Å². The monoisotopic (exact) mass is 246 g/mol. The largest absolute Gasteiger partial charge is 0.466 e. The summed E-state index contributed by atoms with van der Waals surface area (Å²) in [5.74, 6) is -0.420. The van der Waals surface area contributed by atoms with Crippen LogP contribution in [0.2, 0.25) is 0 Å². The minimum absolute atomic E-state index is 0.0555. The maximum Gasteiger partial charge on any atom is 0.310 e. The second-order valence-corrected chi connectivity index (χ2v) is 4.07. The van der Waals surface area contributed by atoms with Gasteiger partial charge in [-0.25, -0.2) is 0 Å². The third-order valence-electron chi connectivity index (χ3n) is 2.64. The first kappa shape index (κ1) is 12.4. The highest BCUT2D eigenvalue weighted by molar-refractivity contribution is 5.79. The number of carbonyl (C=O) groups is 1. The van der Waals surface area contributed by atoms with Crippen LogP contribution in [0.25, 0.3) is 11.0 Å². The molecule has 4 heteroatoms. The zero-order valence-corrected chi connectivity index (χ0v) is 10.4. The topological polar surface area (TPSA) is 56.5 Å². The molecule has 0 fully saturated rings. The van der Waals surface area contributed by atoms with Crippen molar-refractivity contribution >= 4 is 16.9 Å². The van der Waals surface area contributed by atoms with E-state index in [4.69, 9.17) is 9.15 Å². The number of aryl methyl sites for hydroxylation is 1. The van der Waals surface area contributed by atoms with Gasteiger partial charge in [0.05, 0.1) is 24.7 Å². The van der Waals surface area contributed by atoms with Crippen LogP contribution in [0.15, 0.2) is 33.7 Å². The Balaban J connectivity index is 2.44. The van der Waals surface area contributed by atoms with E-state index >= 15 is 0 Å². The summed E-state index contributed by atoms with van der Waals surface area (Å²) in [7, 11) is 0. The third kappa shape index (κ3) is 2.42. The molecule has 0 aliphatic heterocycles. The summed E-state index contributed by atoms with van der Waals surface area (Å²) in [6.07, 6.45) is 1.27. The van der Waals surface area contributed by atoms with Gasteiger partial charge in [0, 0.05) is 5.56 Å². The molecule has 0 saturated carbocycles. The second kappa shape index (κ2) is 5.04. The molecule has 0 atom stereocenters.